The molecule has 4 heterocycles. The van der Waals surface area contributed by atoms with Crippen molar-refractivity contribution in [3.63, 3.8) is 0 Å². The molecule has 1 aliphatic heterocycles. The highest BCUT2D eigenvalue weighted by Gasteiger charge is 2.25. The molecule has 214 valence electrons. The molecule has 0 amide bonds. The highest BCUT2D eigenvalue weighted by molar-refractivity contribution is 6.12. The van der Waals surface area contributed by atoms with E-state index in [-0.39, 0.29) is 22.7 Å². The minimum absolute atomic E-state index is 0.136. The lowest BCUT2D eigenvalue weighted by atomic mass is 9.93. The van der Waals surface area contributed by atoms with E-state index < -0.39 is 6.35 Å². The Balaban J connectivity index is 1.23. The molecule has 5 N–H and O–H groups in total. The molecule has 1 saturated heterocycles. The van der Waals surface area contributed by atoms with Gasteiger partial charge in [-0.2, -0.15) is 0 Å². The smallest absolute Gasteiger partial charge is 0.244 e. The Bertz CT molecular complexity index is 1710. The standard InChI is InChI=1S/C30H33N5O6/c1-30(2,3)25-15-26(34-41-25)33-29(38)31-18-4-7-23-17(12-18)13-24(40-23)28(37)27-21(16-35-8-10-39-11-9-35)20-14-19(36)5-6-22(20)32-27/h4-7,12-15,29,31-32,36,38H,8-11,16H2,1-3H3,(H,33,34). The summed E-state index contributed by atoms with van der Waals surface area (Å²) >= 11 is 0. The summed E-state index contributed by atoms with van der Waals surface area (Å²) in [4.78, 5) is 19.2. The molecule has 1 aliphatic rings. The Labute approximate surface area is 236 Å². The van der Waals surface area contributed by atoms with Gasteiger partial charge in [-0.05, 0) is 42.5 Å². The lowest BCUT2D eigenvalue weighted by molar-refractivity contribution is 0.0342. The van der Waals surface area contributed by atoms with Crippen molar-refractivity contribution in [3.05, 3.63) is 71.3 Å². The van der Waals surface area contributed by atoms with Crippen LogP contribution in [0.2, 0.25) is 0 Å². The van der Waals surface area contributed by atoms with Gasteiger partial charge < -0.3 is 39.5 Å². The molecule has 11 nitrogen and oxygen atoms in total. The topological polar surface area (TPSA) is 149 Å². The summed E-state index contributed by atoms with van der Waals surface area (Å²) in [5.41, 5.74) is 2.95. The molecular weight excluding hydrogens is 526 g/mol. The number of nitrogens with one attached hydrogen (secondary N) is 3. The van der Waals surface area contributed by atoms with Crippen molar-refractivity contribution in [2.75, 3.05) is 36.9 Å². The highest BCUT2D eigenvalue weighted by Crippen LogP contribution is 2.31. The van der Waals surface area contributed by atoms with Crippen molar-refractivity contribution in [2.45, 2.75) is 39.1 Å². The fourth-order valence-electron chi connectivity index (χ4n) is 4.98. The Morgan fingerprint density at radius 2 is 1.90 bits per heavy atom. The summed E-state index contributed by atoms with van der Waals surface area (Å²) in [6.07, 6.45) is -1.14. The Kier molecular flexibility index (Phi) is 6.94. The van der Waals surface area contributed by atoms with E-state index in [1.165, 1.54) is 0 Å². The summed E-state index contributed by atoms with van der Waals surface area (Å²) in [5.74, 6) is 1.15. The van der Waals surface area contributed by atoms with Gasteiger partial charge in [-0.3, -0.25) is 9.69 Å². The lowest BCUT2D eigenvalue weighted by Gasteiger charge is -2.26. The second kappa shape index (κ2) is 10.6. The number of ketones is 1. The zero-order chi connectivity index (χ0) is 28.7. The minimum atomic E-state index is -1.14. The fourth-order valence-corrected chi connectivity index (χ4v) is 4.98. The van der Waals surface area contributed by atoms with Crippen molar-refractivity contribution in [1.82, 2.24) is 15.0 Å². The molecule has 3 aromatic heterocycles. The molecule has 0 spiro atoms. The lowest BCUT2D eigenvalue weighted by Crippen LogP contribution is -2.36. The average Bonchev–Trinajstić information content (AvgIpc) is 3.66. The molecular formula is C30H33N5O6. The molecule has 1 unspecified atom stereocenters. The van der Waals surface area contributed by atoms with Crippen molar-refractivity contribution in [2.24, 2.45) is 0 Å². The zero-order valence-electron chi connectivity index (χ0n) is 23.2. The third-order valence-electron chi connectivity index (χ3n) is 7.18. The van der Waals surface area contributed by atoms with Crippen LogP contribution in [0.3, 0.4) is 0 Å². The van der Waals surface area contributed by atoms with E-state index in [1.807, 2.05) is 20.8 Å². The molecule has 0 aliphatic carbocycles. The molecule has 0 bridgehead atoms. The number of carbonyl (C=O) groups excluding carboxylic acids is 1. The SMILES string of the molecule is CC(C)(C)c1cc(NC(O)Nc2ccc3oc(C(=O)c4[nH]c5ccc(O)cc5c4CN4CCOCC4)cc3c2)no1. The number of nitrogens with zero attached hydrogens (tertiary/aromatic N) is 2. The second-order valence-corrected chi connectivity index (χ2v) is 11.3. The van der Waals surface area contributed by atoms with E-state index in [0.29, 0.717) is 53.7 Å². The maximum absolute atomic E-state index is 13.8. The van der Waals surface area contributed by atoms with Crippen LogP contribution in [0.15, 0.2) is 57.5 Å². The number of aliphatic hydroxyl groups is 1. The Morgan fingerprint density at radius 3 is 2.66 bits per heavy atom. The number of carbonyl (C=O) groups is 1. The number of fused-ring (bicyclic) bond motifs is 2. The van der Waals surface area contributed by atoms with Crippen LogP contribution in [0.5, 0.6) is 5.75 Å². The van der Waals surface area contributed by atoms with Crippen molar-refractivity contribution in [3.8, 4) is 5.75 Å². The first-order chi connectivity index (χ1) is 19.6. The van der Waals surface area contributed by atoms with E-state index in [2.05, 4.69) is 25.7 Å². The number of phenols is 1. The van der Waals surface area contributed by atoms with Crippen LogP contribution in [-0.4, -0.2) is 63.7 Å². The summed E-state index contributed by atoms with van der Waals surface area (Å²) in [6, 6.07) is 13.8. The maximum Gasteiger partial charge on any atom is 0.244 e. The average molecular weight is 560 g/mol. The molecule has 11 heteroatoms. The largest absolute Gasteiger partial charge is 0.508 e. The van der Waals surface area contributed by atoms with Gasteiger partial charge in [0.15, 0.2) is 11.6 Å². The van der Waals surface area contributed by atoms with E-state index in [0.717, 1.165) is 29.6 Å². The van der Waals surface area contributed by atoms with Gasteiger partial charge >= 0.3 is 0 Å². The van der Waals surface area contributed by atoms with Gasteiger partial charge in [0, 0.05) is 58.7 Å². The van der Waals surface area contributed by atoms with Gasteiger partial charge in [-0.25, -0.2) is 0 Å². The molecule has 0 radical (unpaired) electrons. The van der Waals surface area contributed by atoms with Gasteiger partial charge in [-0.1, -0.05) is 25.9 Å². The predicted molar refractivity (Wildman–Crippen MR) is 154 cm³/mol. The molecule has 1 atom stereocenters. The molecule has 5 aromatic rings. The fraction of sp³-hybridized carbons (Fsp3) is 0.333. The first-order valence-electron chi connectivity index (χ1n) is 13.5. The third kappa shape index (κ3) is 5.64. The molecule has 6 rings (SSSR count). The molecule has 0 saturated carbocycles. The van der Waals surface area contributed by atoms with Gasteiger partial charge in [0.2, 0.25) is 12.1 Å². The van der Waals surface area contributed by atoms with Gasteiger partial charge in [0.25, 0.3) is 0 Å². The summed E-state index contributed by atoms with van der Waals surface area (Å²) in [7, 11) is 0. The van der Waals surface area contributed by atoms with Crippen LogP contribution in [-0.2, 0) is 16.7 Å². The van der Waals surface area contributed by atoms with Crippen LogP contribution in [0.25, 0.3) is 21.9 Å². The number of ether oxygens (including phenoxy) is 1. The van der Waals surface area contributed by atoms with Crippen LogP contribution >= 0.6 is 0 Å². The number of benzene rings is 2. The number of rotatable bonds is 8. The molecule has 2 aromatic carbocycles. The number of hydrogen-bond donors (Lipinski definition) is 5. The van der Waals surface area contributed by atoms with Crippen molar-refractivity contribution < 1.29 is 28.7 Å². The van der Waals surface area contributed by atoms with Gasteiger partial charge in [0.1, 0.15) is 17.1 Å². The summed E-state index contributed by atoms with van der Waals surface area (Å²) in [6.45, 7) is 9.37. The Hall–Kier alpha value is -4.32. The van der Waals surface area contributed by atoms with Gasteiger partial charge in [-0.15, -0.1) is 0 Å². The predicted octanol–water partition coefficient (Wildman–Crippen LogP) is 4.77. The van der Waals surface area contributed by atoms with Crippen LogP contribution in [0.4, 0.5) is 11.5 Å². The number of aromatic amines is 1. The van der Waals surface area contributed by atoms with Crippen molar-refractivity contribution in [1.29, 1.82) is 0 Å². The number of furan rings is 1. The monoisotopic (exact) mass is 559 g/mol. The third-order valence-corrected chi connectivity index (χ3v) is 7.18. The van der Waals surface area contributed by atoms with E-state index >= 15 is 0 Å². The molecule has 1 fully saturated rings. The van der Waals surface area contributed by atoms with E-state index in [1.54, 1.807) is 48.5 Å². The number of phenolic OH excluding ortho intramolecular Hbond substituents is 1. The minimum Gasteiger partial charge on any atom is -0.508 e. The number of anilines is 2. The zero-order valence-corrected chi connectivity index (χ0v) is 23.2. The number of aromatic nitrogens is 2. The number of aromatic hydroxyl groups is 1. The van der Waals surface area contributed by atoms with Crippen LogP contribution in [0.1, 0.15) is 48.3 Å². The normalized spacial score (nSPS) is 15.4. The number of H-pyrrole nitrogens is 1. The first kappa shape index (κ1) is 26.9. The van der Waals surface area contributed by atoms with Crippen LogP contribution < -0.4 is 10.6 Å². The number of hydrogen-bond acceptors (Lipinski definition) is 10. The van der Waals surface area contributed by atoms with Crippen LogP contribution in [0, 0.1) is 0 Å². The van der Waals surface area contributed by atoms with E-state index in [4.69, 9.17) is 13.7 Å². The second-order valence-electron chi connectivity index (χ2n) is 11.3. The first-order valence-corrected chi connectivity index (χ1v) is 13.5. The quantitative estimate of drug-likeness (QED) is 0.133. The van der Waals surface area contributed by atoms with E-state index in [9.17, 15) is 15.0 Å². The number of morpholine rings is 1. The highest BCUT2D eigenvalue weighted by atomic mass is 16.5. The summed E-state index contributed by atoms with van der Waals surface area (Å²) in [5, 5.41) is 31.9. The maximum atomic E-state index is 13.8. The molecule has 41 heavy (non-hydrogen) atoms. The van der Waals surface area contributed by atoms with Gasteiger partial charge in [0.05, 0.1) is 18.9 Å². The number of aliphatic hydroxyl groups excluding tert-OH is 1. The summed E-state index contributed by atoms with van der Waals surface area (Å²) < 4.78 is 16.8. The Morgan fingerprint density at radius 1 is 1.10 bits per heavy atom. The van der Waals surface area contributed by atoms with Crippen molar-refractivity contribution >= 4 is 39.2 Å².